The number of carbonyl (C=O) groups is 1. The van der Waals surface area contributed by atoms with Crippen LogP contribution in [0, 0.1) is 10.1 Å². The van der Waals surface area contributed by atoms with E-state index in [1.807, 2.05) is 0 Å². The van der Waals surface area contributed by atoms with Crippen LogP contribution in [-0.2, 0) is 14.3 Å². The van der Waals surface area contributed by atoms with Crippen LogP contribution in [0.4, 0.5) is 0 Å². The third-order valence-electron chi connectivity index (χ3n) is 4.41. The minimum Gasteiger partial charge on any atom is -0.451 e. The van der Waals surface area contributed by atoms with Crippen LogP contribution >= 0.6 is 11.6 Å². The van der Waals surface area contributed by atoms with E-state index >= 15 is 0 Å². The Morgan fingerprint density at radius 1 is 1.38 bits per heavy atom. The summed E-state index contributed by atoms with van der Waals surface area (Å²) in [5.74, 6) is -5.36. The summed E-state index contributed by atoms with van der Waals surface area (Å²) in [6.07, 6.45) is -2.88. The second kappa shape index (κ2) is 5.64. The lowest BCUT2D eigenvalue weighted by Gasteiger charge is -2.36. The molecule has 0 aliphatic carbocycles. The number of aliphatic hydroxyl groups is 3. The molecule has 3 N–H and O–H groups in total. The van der Waals surface area contributed by atoms with Gasteiger partial charge in [-0.15, -0.1) is 0 Å². The van der Waals surface area contributed by atoms with Crippen molar-refractivity contribution in [2.75, 3.05) is 13.2 Å². The highest BCUT2D eigenvalue weighted by molar-refractivity contribution is 6.30. The number of nitro groups is 1. The topological polar surface area (TPSA) is 139 Å². The molecule has 3 rings (SSSR count). The molecule has 0 unspecified atom stereocenters. The van der Waals surface area contributed by atoms with Gasteiger partial charge < -0.3 is 24.8 Å². The van der Waals surface area contributed by atoms with E-state index in [0.717, 1.165) is 0 Å². The number of rotatable bonds is 4. The lowest BCUT2D eigenvalue weighted by molar-refractivity contribution is -0.489. The van der Waals surface area contributed by atoms with Crippen molar-refractivity contribution in [2.45, 2.75) is 29.5 Å². The first-order valence-corrected chi connectivity index (χ1v) is 7.43. The summed E-state index contributed by atoms with van der Waals surface area (Å²) >= 11 is 5.79. The maximum absolute atomic E-state index is 12.3. The van der Waals surface area contributed by atoms with Gasteiger partial charge in [0.15, 0.2) is 6.10 Å². The van der Waals surface area contributed by atoms with E-state index in [2.05, 4.69) is 0 Å². The van der Waals surface area contributed by atoms with Crippen molar-refractivity contribution in [1.82, 2.24) is 0 Å². The van der Waals surface area contributed by atoms with Gasteiger partial charge in [-0.3, -0.25) is 10.1 Å². The van der Waals surface area contributed by atoms with Crippen molar-refractivity contribution >= 4 is 17.6 Å². The number of esters is 1. The van der Waals surface area contributed by atoms with E-state index in [1.165, 1.54) is 24.3 Å². The Bertz CT molecular complexity index is 682. The standard InChI is InChI=1S/C14H14ClNO8/c15-8-3-1-7(2-4-8)9(5-16(21)22)13(19)12(18)24-11-10(17)6-23-14(11,13)20/h1-4,9-11,17,19-20H,5-6H2/t9-,10-,11-,13-,14-/m0/s1. The van der Waals surface area contributed by atoms with Crippen LogP contribution in [0.3, 0.4) is 0 Å². The molecule has 1 aromatic carbocycles. The van der Waals surface area contributed by atoms with Crippen molar-refractivity contribution in [3.8, 4) is 0 Å². The normalized spacial score (nSPS) is 36.2. The number of fused-ring (bicyclic) bond motifs is 1. The van der Waals surface area contributed by atoms with Crippen LogP contribution in [0.15, 0.2) is 24.3 Å². The molecule has 0 amide bonds. The SMILES string of the molecule is O=C1O[C@H]2[C@@H](O)CO[C@]2(O)[C@]1(O)[C@@H](C[N+](=O)[O-])c1ccc(Cl)cc1. The van der Waals surface area contributed by atoms with Gasteiger partial charge in [-0.05, 0) is 17.7 Å². The Morgan fingerprint density at radius 3 is 2.58 bits per heavy atom. The minimum absolute atomic E-state index is 0.189. The van der Waals surface area contributed by atoms with Gasteiger partial charge in [0, 0.05) is 9.95 Å². The summed E-state index contributed by atoms with van der Waals surface area (Å²) in [6.45, 7) is -1.26. The molecule has 0 bridgehead atoms. The zero-order valence-electron chi connectivity index (χ0n) is 12.2. The highest BCUT2D eigenvalue weighted by atomic mass is 35.5. The molecule has 1 aromatic rings. The molecule has 2 heterocycles. The number of hydrogen-bond donors (Lipinski definition) is 3. The maximum Gasteiger partial charge on any atom is 0.345 e. The Labute approximate surface area is 140 Å². The average Bonchev–Trinajstić information content (AvgIpc) is 2.92. The molecule has 2 aliphatic rings. The Kier molecular flexibility index (Phi) is 4.01. The summed E-state index contributed by atoms with van der Waals surface area (Å²) in [4.78, 5) is 22.6. The predicted molar refractivity (Wildman–Crippen MR) is 77.8 cm³/mol. The summed E-state index contributed by atoms with van der Waals surface area (Å²) < 4.78 is 9.89. The van der Waals surface area contributed by atoms with Gasteiger partial charge in [0.25, 0.3) is 0 Å². The first-order chi connectivity index (χ1) is 11.2. The third-order valence-corrected chi connectivity index (χ3v) is 4.66. The van der Waals surface area contributed by atoms with Crippen LogP contribution in [0.2, 0.25) is 5.02 Å². The van der Waals surface area contributed by atoms with Crippen molar-refractivity contribution in [3.05, 3.63) is 45.0 Å². The molecule has 5 atom stereocenters. The number of halogens is 1. The molecule has 0 aromatic heterocycles. The molecular weight excluding hydrogens is 346 g/mol. The smallest absolute Gasteiger partial charge is 0.345 e. The second-order valence-electron chi connectivity index (χ2n) is 5.79. The van der Waals surface area contributed by atoms with E-state index in [-0.39, 0.29) is 12.2 Å². The largest absolute Gasteiger partial charge is 0.451 e. The average molecular weight is 360 g/mol. The number of carbonyl (C=O) groups excluding carboxylic acids is 1. The molecular formula is C14H14ClNO8. The summed E-state index contributed by atoms with van der Waals surface area (Å²) in [7, 11) is 0. The first kappa shape index (κ1) is 17.1. The minimum atomic E-state index is -2.75. The van der Waals surface area contributed by atoms with E-state index in [9.17, 15) is 30.2 Å². The highest BCUT2D eigenvalue weighted by Gasteiger charge is 2.76. The molecule has 2 aliphatic heterocycles. The fourth-order valence-corrected chi connectivity index (χ4v) is 3.32. The zero-order chi connectivity index (χ0) is 17.7. The maximum atomic E-state index is 12.3. The summed E-state index contributed by atoms with van der Waals surface area (Å²) in [5.41, 5.74) is -2.56. The number of aliphatic hydroxyl groups excluding tert-OH is 1. The van der Waals surface area contributed by atoms with Crippen molar-refractivity contribution in [2.24, 2.45) is 0 Å². The predicted octanol–water partition coefficient (Wildman–Crippen LogP) is -0.563. The summed E-state index contributed by atoms with van der Waals surface area (Å²) in [6, 6.07) is 5.65. The lowest BCUT2D eigenvalue weighted by Crippen LogP contribution is -2.62. The number of hydrogen-bond acceptors (Lipinski definition) is 8. The zero-order valence-corrected chi connectivity index (χ0v) is 12.9. The molecule has 2 saturated heterocycles. The molecule has 2 fully saturated rings. The van der Waals surface area contributed by atoms with Crippen LogP contribution in [0.25, 0.3) is 0 Å². The van der Waals surface area contributed by atoms with E-state index in [0.29, 0.717) is 5.02 Å². The first-order valence-electron chi connectivity index (χ1n) is 7.05. The van der Waals surface area contributed by atoms with Gasteiger partial charge in [-0.2, -0.15) is 0 Å². The Morgan fingerprint density at radius 2 is 2.00 bits per heavy atom. The molecule has 10 heteroatoms. The second-order valence-corrected chi connectivity index (χ2v) is 6.22. The van der Waals surface area contributed by atoms with Gasteiger partial charge in [-0.25, -0.2) is 4.79 Å². The molecule has 24 heavy (non-hydrogen) atoms. The van der Waals surface area contributed by atoms with Gasteiger partial charge in [0.05, 0.1) is 12.5 Å². The van der Waals surface area contributed by atoms with Crippen LogP contribution in [0.5, 0.6) is 0 Å². The van der Waals surface area contributed by atoms with E-state index in [4.69, 9.17) is 21.1 Å². The monoisotopic (exact) mass is 359 g/mol. The molecule has 130 valence electrons. The fraction of sp³-hybridized carbons (Fsp3) is 0.500. The Hall–Kier alpha value is -1.78. The number of benzene rings is 1. The molecule has 0 radical (unpaired) electrons. The van der Waals surface area contributed by atoms with Crippen molar-refractivity contribution in [3.63, 3.8) is 0 Å². The fourth-order valence-electron chi connectivity index (χ4n) is 3.19. The Balaban J connectivity index is 2.10. The molecule has 0 spiro atoms. The third kappa shape index (κ3) is 2.28. The van der Waals surface area contributed by atoms with Crippen molar-refractivity contribution in [1.29, 1.82) is 0 Å². The quantitative estimate of drug-likeness (QED) is 0.369. The highest BCUT2D eigenvalue weighted by Crippen LogP contribution is 2.49. The number of nitrogens with zero attached hydrogens (tertiary/aromatic N) is 1. The number of ether oxygens (including phenoxy) is 2. The van der Waals surface area contributed by atoms with Crippen LogP contribution in [0.1, 0.15) is 11.5 Å². The molecule has 0 saturated carbocycles. The van der Waals surface area contributed by atoms with Gasteiger partial charge in [0.1, 0.15) is 6.10 Å². The van der Waals surface area contributed by atoms with Crippen LogP contribution < -0.4 is 0 Å². The lowest BCUT2D eigenvalue weighted by atomic mass is 9.76. The summed E-state index contributed by atoms with van der Waals surface area (Å²) in [5, 5.41) is 42.8. The van der Waals surface area contributed by atoms with Gasteiger partial charge in [0.2, 0.25) is 17.9 Å². The van der Waals surface area contributed by atoms with E-state index < -0.39 is 47.0 Å². The van der Waals surface area contributed by atoms with Gasteiger partial charge >= 0.3 is 5.97 Å². The van der Waals surface area contributed by atoms with Gasteiger partial charge in [-0.1, -0.05) is 23.7 Å². The van der Waals surface area contributed by atoms with Crippen LogP contribution in [-0.4, -0.2) is 63.0 Å². The van der Waals surface area contributed by atoms with E-state index in [1.54, 1.807) is 0 Å². The molecule has 9 nitrogen and oxygen atoms in total. The van der Waals surface area contributed by atoms with Crippen molar-refractivity contribution < 1.29 is 34.5 Å².